The molecule has 0 aliphatic heterocycles. The predicted molar refractivity (Wildman–Crippen MR) is 74.2 cm³/mol. The number of benzene rings is 1. The van der Waals surface area contributed by atoms with Crippen LogP contribution in [0.1, 0.15) is 23.8 Å². The van der Waals surface area contributed by atoms with Gasteiger partial charge in [-0.25, -0.2) is 8.78 Å². The van der Waals surface area contributed by atoms with Crippen LogP contribution in [0.25, 0.3) is 10.4 Å². The Kier molecular flexibility index (Phi) is 3.37. The minimum Gasteiger partial charge on any atom is -0.312 e. The second kappa shape index (κ2) is 5.02. The molecule has 0 bridgehead atoms. The standard InChI is InChI=1S/C15H15F2NS/c1-18-15(9-2-3-9)14-7-6-13(19-14)11-5-4-10(16)8-12(11)17/h4-9,15,18H,2-3H2,1H3. The second-order valence-electron chi connectivity index (χ2n) is 4.93. The Labute approximate surface area is 115 Å². The molecule has 1 atom stereocenters. The summed E-state index contributed by atoms with van der Waals surface area (Å²) in [6, 6.07) is 8.07. The summed E-state index contributed by atoms with van der Waals surface area (Å²) in [4.78, 5) is 2.08. The molecular weight excluding hydrogens is 264 g/mol. The van der Waals surface area contributed by atoms with Crippen molar-refractivity contribution in [1.82, 2.24) is 5.32 Å². The lowest BCUT2D eigenvalue weighted by molar-refractivity contribution is 0.537. The summed E-state index contributed by atoms with van der Waals surface area (Å²) < 4.78 is 26.7. The maximum Gasteiger partial charge on any atom is 0.134 e. The Morgan fingerprint density at radius 1 is 1.21 bits per heavy atom. The SMILES string of the molecule is CNC(c1ccc(-c2ccc(F)cc2F)s1)C1CC1. The van der Waals surface area contributed by atoms with Crippen LogP contribution in [-0.4, -0.2) is 7.05 Å². The Balaban J connectivity index is 1.91. The lowest BCUT2D eigenvalue weighted by Crippen LogP contribution is -2.16. The van der Waals surface area contributed by atoms with Crippen LogP contribution in [0.3, 0.4) is 0 Å². The fraction of sp³-hybridized carbons (Fsp3) is 0.333. The third kappa shape index (κ3) is 2.55. The van der Waals surface area contributed by atoms with E-state index in [0.29, 0.717) is 17.5 Å². The highest BCUT2D eigenvalue weighted by molar-refractivity contribution is 7.15. The fourth-order valence-corrected chi connectivity index (χ4v) is 3.63. The first kappa shape index (κ1) is 12.8. The van der Waals surface area contributed by atoms with E-state index in [4.69, 9.17) is 0 Å². The lowest BCUT2D eigenvalue weighted by atomic mass is 10.1. The molecular formula is C15H15F2NS. The van der Waals surface area contributed by atoms with Gasteiger partial charge in [-0.2, -0.15) is 0 Å². The molecule has 100 valence electrons. The molecule has 1 fully saturated rings. The van der Waals surface area contributed by atoms with E-state index < -0.39 is 11.6 Å². The first-order chi connectivity index (χ1) is 9.19. The number of hydrogen-bond acceptors (Lipinski definition) is 2. The average molecular weight is 279 g/mol. The van der Waals surface area contributed by atoms with Crippen molar-refractivity contribution >= 4 is 11.3 Å². The van der Waals surface area contributed by atoms with Crippen LogP contribution in [0.2, 0.25) is 0 Å². The molecule has 1 nitrogen and oxygen atoms in total. The Morgan fingerprint density at radius 3 is 2.63 bits per heavy atom. The van der Waals surface area contributed by atoms with Crippen LogP contribution in [-0.2, 0) is 0 Å². The van der Waals surface area contributed by atoms with E-state index in [2.05, 4.69) is 5.32 Å². The summed E-state index contributed by atoms with van der Waals surface area (Å²) >= 11 is 1.58. The van der Waals surface area contributed by atoms with Gasteiger partial charge in [-0.15, -0.1) is 11.3 Å². The molecule has 1 saturated carbocycles. The third-order valence-electron chi connectivity index (χ3n) is 3.53. The molecule has 1 heterocycles. The van der Waals surface area contributed by atoms with Gasteiger partial charge in [0.25, 0.3) is 0 Å². The largest absolute Gasteiger partial charge is 0.312 e. The summed E-state index contributed by atoms with van der Waals surface area (Å²) in [6.07, 6.45) is 2.51. The molecule has 2 aromatic rings. The zero-order valence-electron chi connectivity index (χ0n) is 10.6. The summed E-state index contributed by atoms with van der Waals surface area (Å²) in [7, 11) is 1.96. The van der Waals surface area contributed by atoms with Crippen molar-refractivity contribution in [3.8, 4) is 10.4 Å². The van der Waals surface area contributed by atoms with Crippen molar-refractivity contribution in [2.45, 2.75) is 18.9 Å². The highest BCUT2D eigenvalue weighted by atomic mass is 32.1. The molecule has 4 heteroatoms. The van der Waals surface area contributed by atoms with E-state index in [9.17, 15) is 8.78 Å². The van der Waals surface area contributed by atoms with Crippen molar-refractivity contribution in [3.05, 3.63) is 46.8 Å². The van der Waals surface area contributed by atoms with Crippen molar-refractivity contribution in [2.75, 3.05) is 7.05 Å². The minimum absolute atomic E-state index is 0.363. The predicted octanol–water partition coefficient (Wildman–Crippen LogP) is 4.36. The molecule has 0 amide bonds. The zero-order valence-corrected chi connectivity index (χ0v) is 11.4. The van der Waals surface area contributed by atoms with Gasteiger partial charge < -0.3 is 5.32 Å². The maximum atomic E-state index is 13.8. The van der Waals surface area contributed by atoms with Crippen LogP contribution in [0.5, 0.6) is 0 Å². The summed E-state index contributed by atoms with van der Waals surface area (Å²) in [6.45, 7) is 0. The van der Waals surface area contributed by atoms with Crippen LogP contribution in [0.15, 0.2) is 30.3 Å². The van der Waals surface area contributed by atoms with Crippen LogP contribution in [0, 0.1) is 17.6 Å². The molecule has 1 unspecified atom stereocenters. The molecule has 1 aliphatic rings. The van der Waals surface area contributed by atoms with Gasteiger partial charge in [0, 0.05) is 27.4 Å². The fourth-order valence-electron chi connectivity index (χ4n) is 2.39. The number of nitrogens with one attached hydrogen (secondary N) is 1. The molecule has 0 radical (unpaired) electrons. The van der Waals surface area contributed by atoms with Crippen molar-refractivity contribution in [1.29, 1.82) is 0 Å². The second-order valence-corrected chi connectivity index (χ2v) is 6.05. The topological polar surface area (TPSA) is 12.0 Å². The number of rotatable bonds is 4. The quantitative estimate of drug-likeness (QED) is 0.876. The molecule has 0 saturated heterocycles. The van der Waals surface area contributed by atoms with Gasteiger partial charge in [0.15, 0.2) is 0 Å². The highest BCUT2D eigenvalue weighted by Crippen LogP contribution is 2.44. The maximum absolute atomic E-state index is 13.8. The lowest BCUT2D eigenvalue weighted by Gasteiger charge is -2.12. The van der Waals surface area contributed by atoms with E-state index >= 15 is 0 Å². The molecule has 1 aliphatic carbocycles. The molecule has 3 rings (SSSR count). The van der Waals surface area contributed by atoms with Gasteiger partial charge in [-0.1, -0.05) is 0 Å². The summed E-state index contributed by atoms with van der Waals surface area (Å²) in [5.41, 5.74) is 0.475. The molecule has 1 N–H and O–H groups in total. The van der Waals surface area contributed by atoms with E-state index in [1.807, 2.05) is 19.2 Å². The van der Waals surface area contributed by atoms with E-state index in [1.165, 1.54) is 29.9 Å². The summed E-state index contributed by atoms with van der Waals surface area (Å²) in [5.74, 6) is -0.334. The number of halogens is 2. The molecule has 1 aromatic carbocycles. The summed E-state index contributed by atoms with van der Waals surface area (Å²) in [5, 5.41) is 3.33. The first-order valence-corrected chi connectivity index (χ1v) is 7.23. The van der Waals surface area contributed by atoms with Crippen molar-refractivity contribution < 1.29 is 8.78 Å². The first-order valence-electron chi connectivity index (χ1n) is 6.41. The molecule has 0 spiro atoms. The van der Waals surface area contributed by atoms with Gasteiger partial charge in [-0.05, 0) is 50.1 Å². The third-order valence-corrected chi connectivity index (χ3v) is 4.74. The van der Waals surface area contributed by atoms with Gasteiger partial charge in [0.1, 0.15) is 11.6 Å². The minimum atomic E-state index is -0.538. The number of hydrogen-bond donors (Lipinski definition) is 1. The van der Waals surface area contributed by atoms with E-state index in [1.54, 1.807) is 11.3 Å². The molecule has 1 aromatic heterocycles. The zero-order chi connectivity index (χ0) is 13.4. The van der Waals surface area contributed by atoms with Gasteiger partial charge in [0.2, 0.25) is 0 Å². The van der Waals surface area contributed by atoms with Gasteiger partial charge in [-0.3, -0.25) is 0 Å². The van der Waals surface area contributed by atoms with Gasteiger partial charge >= 0.3 is 0 Å². The van der Waals surface area contributed by atoms with E-state index in [-0.39, 0.29) is 0 Å². The van der Waals surface area contributed by atoms with Crippen LogP contribution in [0.4, 0.5) is 8.78 Å². The Morgan fingerprint density at radius 2 is 2.00 bits per heavy atom. The Hall–Kier alpha value is -1.26. The van der Waals surface area contributed by atoms with Gasteiger partial charge in [0.05, 0.1) is 0 Å². The van der Waals surface area contributed by atoms with Crippen LogP contribution >= 0.6 is 11.3 Å². The normalized spacial score (nSPS) is 16.6. The monoisotopic (exact) mass is 279 g/mol. The number of thiophene rings is 1. The van der Waals surface area contributed by atoms with E-state index in [0.717, 1.165) is 10.9 Å². The smallest absolute Gasteiger partial charge is 0.134 e. The Bertz CT molecular complexity index is 590. The van der Waals surface area contributed by atoms with Crippen LogP contribution < -0.4 is 5.32 Å². The van der Waals surface area contributed by atoms with Crippen molar-refractivity contribution in [2.24, 2.45) is 5.92 Å². The average Bonchev–Trinajstić information content (AvgIpc) is 3.09. The highest BCUT2D eigenvalue weighted by Gasteiger charge is 2.32. The van der Waals surface area contributed by atoms with Crippen molar-refractivity contribution in [3.63, 3.8) is 0 Å². The molecule has 19 heavy (non-hydrogen) atoms.